The summed E-state index contributed by atoms with van der Waals surface area (Å²) in [6.45, 7) is 0. The minimum absolute atomic E-state index is 0.335. The first-order chi connectivity index (χ1) is 12.3. The first-order valence-electron chi connectivity index (χ1n) is 7.49. The van der Waals surface area contributed by atoms with Gasteiger partial charge in [-0.05, 0) is 42.0 Å². The van der Waals surface area contributed by atoms with Crippen molar-refractivity contribution in [2.75, 3.05) is 0 Å². The smallest absolute Gasteiger partial charge is 0.411 e. The van der Waals surface area contributed by atoms with Crippen molar-refractivity contribution >= 4 is 17.4 Å². The lowest BCUT2D eigenvalue weighted by Crippen LogP contribution is -2.16. The molecular formula is C18H13F3N2O2S. The molecule has 0 aliphatic rings. The quantitative estimate of drug-likeness (QED) is 0.704. The van der Waals surface area contributed by atoms with Gasteiger partial charge in [0.15, 0.2) is 0 Å². The van der Waals surface area contributed by atoms with Crippen molar-refractivity contribution in [3.63, 3.8) is 0 Å². The van der Waals surface area contributed by atoms with Crippen LogP contribution in [0.2, 0.25) is 0 Å². The molecule has 1 amide bonds. The van der Waals surface area contributed by atoms with Crippen LogP contribution in [0.15, 0.2) is 53.9 Å². The predicted octanol–water partition coefficient (Wildman–Crippen LogP) is 4.88. The number of ether oxygens (including phenoxy) is 1. The Morgan fingerprint density at radius 3 is 2.31 bits per heavy atom. The Morgan fingerprint density at radius 2 is 1.73 bits per heavy atom. The van der Waals surface area contributed by atoms with E-state index in [0.29, 0.717) is 12.2 Å². The molecule has 0 aliphatic heterocycles. The molecule has 0 fully saturated rings. The molecule has 1 heterocycles. The minimum Gasteiger partial charge on any atom is -0.411 e. The highest BCUT2D eigenvalue weighted by Crippen LogP contribution is 2.30. The Labute approximate surface area is 151 Å². The number of alkyl halides is 3. The molecule has 2 aromatic carbocycles. The molecule has 0 saturated heterocycles. The lowest BCUT2D eigenvalue weighted by atomic mass is 10.1. The fraction of sp³-hybridized carbons (Fsp3) is 0.111. The van der Waals surface area contributed by atoms with Crippen LogP contribution in [0.3, 0.4) is 0 Å². The molecule has 0 saturated carbocycles. The van der Waals surface area contributed by atoms with E-state index in [-0.39, 0.29) is 0 Å². The monoisotopic (exact) mass is 378 g/mol. The van der Waals surface area contributed by atoms with Crippen molar-refractivity contribution in [3.05, 3.63) is 70.0 Å². The summed E-state index contributed by atoms with van der Waals surface area (Å²) in [7, 11) is 0. The zero-order valence-corrected chi connectivity index (χ0v) is 14.1. The molecule has 2 N–H and O–H groups in total. The molecule has 0 unspecified atom stereocenters. The topological polar surface area (TPSA) is 65.2 Å². The van der Waals surface area contributed by atoms with Crippen molar-refractivity contribution in [3.8, 4) is 17.0 Å². The zero-order valence-electron chi connectivity index (χ0n) is 13.3. The number of hydrogen-bond acceptors (Lipinski definition) is 4. The Balaban J connectivity index is 1.70. The molecular weight excluding hydrogens is 365 g/mol. The van der Waals surface area contributed by atoms with Gasteiger partial charge in [0.25, 0.3) is 0 Å². The molecule has 26 heavy (non-hydrogen) atoms. The largest absolute Gasteiger partial charge is 0.416 e. The maximum Gasteiger partial charge on any atom is 0.416 e. The average Bonchev–Trinajstić information content (AvgIpc) is 3.03. The van der Waals surface area contributed by atoms with E-state index >= 15 is 0 Å². The number of amides is 1. The number of halogens is 3. The molecule has 3 aromatic rings. The third kappa shape index (κ3) is 4.40. The number of nitrogens with two attached hydrogens (primary N) is 1. The highest BCUT2D eigenvalue weighted by molar-refractivity contribution is 7.10. The number of thiazole rings is 1. The second-order valence-electron chi connectivity index (χ2n) is 5.44. The molecule has 1 aromatic heterocycles. The summed E-state index contributed by atoms with van der Waals surface area (Å²) >= 11 is 1.43. The summed E-state index contributed by atoms with van der Waals surface area (Å²) in [6, 6.07) is 11.8. The van der Waals surface area contributed by atoms with Crippen molar-refractivity contribution in [2.45, 2.75) is 12.6 Å². The normalized spacial score (nSPS) is 11.3. The van der Waals surface area contributed by atoms with Gasteiger partial charge in [-0.1, -0.05) is 12.1 Å². The van der Waals surface area contributed by atoms with Crippen LogP contribution in [-0.2, 0) is 12.6 Å². The van der Waals surface area contributed by atoms with Crippen LogP contribution in [0.4, 0.5) is 18.0 Å². The van der Waals surface area contributed by atoms with E-state index < -0.39 is 17.8 Å². The van der Waals surface area contributed by atoms with Crippen LogP contribution in [0, 0.1) is 0 Å². The molecule has 0 aliphatic carbocycles. The number of hydrogen-bond donors (Lipinski definition) is 1. The van der Waals surface area contributed by atoms with Gasteiger partial charge in [-0.15, -0.1) is 11.3 Å². The summed E-state index contributed by atoms with van der Waals surface area (Å²) < 4.78 is 42.5. The van der Waals surface area contributed by atoms with Crippen LogP contribution < -0.4 is 10.5 Å². The Morgan fingerprint density at radius 1 is 1.08 bits per heavy atom. The van der Waals surface area contributed by atoms with E-state index in [1.54, 1.807) is 24.3 Å². The lowest BCUT2D eigenvalue weighted by Gasteiger charge is -2.06. The third-order valence-electron chi connectivity index (χ3n) is 3.56. The number of nitrogens with zero attached hydrogens (tertiary/aromatic N) is 1. The van der Waals surface area contributed by atoms with E-state index in [0.717, 1.165) is 34.0 Å². The standard InChI is InChI=1S/C18H13F3N2O2S/c19-18(20,21)13-5-1-11(2-6-13)9-16-23-15(10-26-16)12-3-7-14(8-4-12)25-17(22)24/h1-8,10H,9H2,(H2,22,24). The molecule has 3 rings (SSSR count). The summed E-state index contributed by atoms with van der Waals surface area (Å²) in [5.41, 5.74) is 6.60. The summed E-state index contributed by atoms with van der Waals surface area (Å²) in [5.74, 6) is 0.335. The van der Waals surface area contributed by atoms with E-state index in [1.807, 2.05) is 5.38 Å². The van der Waals surface area contributed by atoms with E-state index in [4.69, 9.17) is 10.5 Å². The summed E-state index contributed by atoms with van der Waals surface area (Å²) in [5, 5.41) is 2.65. The first-order valence-corrected chi connectivity index (χ1v) is 8.37. The average molecular weight is 378 g/mol. The maximum absolute atomic E-state index is 12.6. The SMILES string of the molecule is NC(=O)Oc1ccc(-c2csc(Cc3ccc(C(F)(F)F)cc3)n2)cc1. The van der Waals surface area contributed by atoms with Gasteiger partial charge in [-0.2, -0.15) is 13.2 Å². The molecule has 8 heteroatoms. The Hall–Kier alpha value is -2.87. The van der Waals surface area contributed by atoms with Gasteiger partial charge >= 0.3 is 12.3 Å². The highest BCUT2D eigenvalue weighted by Gasteiger charge is 2.29. The van der Waals surface area contributed by atoms with Crippen LogP contribution in [0.25, 0.3) is 11.3 Å². The number of aromatic nitrogens is 1. The molecule has 134 valence electrons. The van der Waals surface area contributed by atoms with Gasteiger partial charge in [-0.25, -0.2) is 9.78 Å². The fourth-order valence-electron chi connectivity index (χ4n) is 2.32. The number of primary amides is 1. The van der Waals surface area contributed by atoms with Gasteiger partial charge in [0.1, 0.15) is 5.75 Å². The van der Waals surface area contributed by atoms with Gasteiger partial charge in [0.05, 0.1) is 16.3 Å². The van der Waals surface area contributed by atoms with Crippen molar-refractivity contribution in [2.24, 2.45) is 5.73 Å². The second kappa shape index (κ2) is 7.17. The van der Waals surface area contributed by atoms with Gasteiger partial charge in [-0.3, -0.25) is 0 Å². The molecule has 0 atom stereocenters. The highest BCUT2D eigenvalue weighted by atomic mass is 32.1. The van der Waals surface area contributed by atoms with Crippen molar-refractivity contribution in [1.29, 1.82) is 0 Å². The third-order valence-corrected chi connectivity index (χ3v) is 4.41. The minimum atomic E-state index is -4.34. The van der Waals surface area contributed by atoms with Crippen molar-refractivity contribution < 1.29 is 22.7 Å². The molecule has 0 radical (unpaired) electrons. The van der Waals surface area contributed by atoms with Crippen LogP contribution in [-0.4, -0.2) is 11.1 Å². The van der Waals surface area contributed by atoms with Gasteiger partial charge in [0, 0.05) is 17.4 Å². The second-order valence-corrected chi connectivity index (χ2v) is 6.39. The molecule has 0 bridgehead atoms. The first kappa shape index (κ1) is 17.9. The van der Waals surface area contributed by atoms with Crippen molar-refractivity contribution in [1.82, 2.24) is 4.98 Å². The molecule has 4 nitrogen and oxygen atoms in total. The number of carbonyl (C=O) groups is 1. The number of rotatable bonds is 4. The Bertz CT molecular complexity index is 903. The lowest BCUT2D eigenvalue weighted by molar-refractivity contribution is -0.137. The van der Waals surface area contributed by atoms with E-state index in [1.165, 1.54) is 23.5 Å². The fourth-order valence-corrected chi connectivity index (χ4v) is 3.16. The predicted molar refractivity (Wildman–Crippen MR) is 92.0 cm³/mol. The van der Waals surface area contributed by atoms with E-state index in [2.05, 4.69) is 4.98 Å². The zero-order chi connectivity index (χ0) is 18.7. The molecule has 0 spiro atoms. The Kier molecular flexibility index (Phi) is 4.94. The van der Waals surface area contributed by atoms with E-state index in [9.17, 15) is 18.0 Å². The van der Waals surface area contributed by atoms with Gasteiger partial charge in [0.2, 0.25) is 0 Å². The van der Waals surface area contributed by atoms with Crippen LogP contribution in [0.1, 0.15) is 16.1 Å². The maximum atomic E-state index is 12.6. The summed E-state index contributed by atoms with van der Waals surface area (Å²) in [4.78, 5) is 15.2. The van der Waals surface area contributed by atoms with Gasteiger partial charge < -0.3 is 10.5 Å². The number of carbonyl (C=O) groups excluding carboxylic acids is 1. The summed E-state index contributed by atoms with van der Waals surface area (Å²) in [6.07, 6.45) is -4.77. The van der Waals surface area contributed by atoms with Crippen LogP contribution >= 0.6 is 11.3 Å². The number of benzene rings is 2. The van der Waals surface area contributed by atoms with Crippen LogP contribution in [0.5, 0.6) is 5.75 Å².